The van der Waals surface area contributed by atoms with Crippen molar-refractivity contribution in [3.8, 4) is 0 Å². The molecule has 0 saturated carbocycles. The first-order valence-corrected chi connectivity index (χ1v) is 14.3. The van der Waals surface area contributed by atoms with Crippen LogP contribution < -0.4 is 20.9 Å². The van der Waals surface area contributed by atoms with Gasteiger partial charge in [-0.05, 0) is 67.9 Å². The molecule has 222 valence electrons. The molecule has 3 heterocycles. The summed E-state index contributed by atoms with van der Waals surface area (Å²) < 4.78 is 25.1. The van der Waals surface area contributed by atoms with Crippen molar-refractivity contribution in [3.05, 3.63) is 77.2 Å². The minimum Gasteiger partial charge on any atom is -0.379 e. The highest BCUT2D eigenvalue weighted by molar-refractivity contribution is 6.07. The third-order valence-corrected chi connectivity index (χ3v) is 7.35. The molecule has 0 unspecified atom stereocenters. The highest BCUT2D eigenvalue weighted by Crippen LogP contribution is 2.24. The van der Waals surface area contributed by atoms with Gasteiger partial charge < -0.3 is 30.3 Å². The van der Waals surface area contributed by atoms with E-state index >= 15 is 0 Å². The lowest BCUT2D eigenvalue weighted by atomic mass is 10.1. The lowest BCUT2D eigenvalue weighted by Crippen LogP contribution is -2.37. The summed E-state index contributed by atoms with van der Waals surface area (Å²) in [7, 11) is 0. The molecule has 2 aliphatic rings. The monoisotopic (exact) mass is 576 g/mol. The number of hydrogen-bond acceptors (Lipinski definition) is 8. The minimum atomic E-state index is -0.483. The predicted molar refractivity (Wildman–Crippen MR) is 161 cm³/mol. The fourth-order valence-electron chi connectivity index (χ4n) is 4.92. The van der Waals surface area contributed by atoms with Crippen molar-refractivity contribution in [1.82, 2.24) is 9.88 Å². The van der Waals surface area contributed by atoms with Gasteiger partial charge in [-0.2, -0.15) is 0 Å². The van der Waals surface area contributed by atoms with E-state index in [0.29, 0.717) is 54.7 Å². The zero-order chi connectivity index (χ0) is 29.3. The van der Waals surface area contributed by atoms with E-state index in [4.69, 9.17) is 9.47 Å². The Hall–Kier alpha value is -4.06. The molecule has 0 bridgehead atoms. The normalized spacial score (nSPS) is 15.7. The van der Waals surface area contributed by atoms with E-state index in [9.17, 15) is 14.0 Å². The lowest BCUT2D eigenvalue weighted by molar-refractivity contribution is 0.0378. The summed E-state index contributed by atoms with van der Waals surface area (Å²) in [6, 6.07) is 13.1. The number of morpholine rings is 2. The van der Waals surface area contributed by atoms with E-state index < -0.39 is 11.7 Å². The van der Waals surface area contributed by atoms with Crippen molar-refractivity contribution in [3.63, 3.8) is 0 Å². The summed E-state index contributed by atoms with van der Waals surface area (Å²) in [6.45, 7) is 9.58. The second-order valence-corrected chi connectivity index (χ2v) is 10.4. The number of aryl methyl sites for hydroxylation is 1. The molecule has 1 aromatic heterocycles. The molecule has 0 radical (unpaired) electrons. The molecule has 2 aromatic carbocycles. The molecule has 11 heteroatoms. The van der Waals surface area contributed by atoms with Crippen LogP contribution in [0, 0.1) is 12.7 Å². The average molecular weight is 577 g/mol. The molecule has 0 spiro atoms. The van der Waals surface area contributed by atoms with Crippen LogP contribution in [0.1, 0.15) is 32.7 Å². The summed E-state index contributed by atoms with van der Waals surface area (Å²) in [4.78, 5) is 34.7. The van der Waals surface area contributed by atoms with Crippen LogP contribution in [-0.4, -0.2) is 87.4 Å². The fourth-order valence-corrected chi connectivity index (χ4v) is 4.92. The van der Waals surface area contributed by atoms with Crippen molar-refractivity contribution in [2.75, 3.05) is 86.5 Å². The van der Waals surface area contributed by atoms with Crippen LogP contribution in [0.15, 0.2) is 54.7 Å². The van der Waals surface area contributed by atoms with E-state index in [-0.39, 0.29) is 11.5 Å². The highest BCUT2D eigenvalue weighted by Gasteiger charge is 2.17. The number of carbonyl (C=O) groups excluding carboxylic acids is 2. The number of hydrogen-bond donors (Lipinski definition) is 3. The Kier molecular flexibility index (Phi) is 9.96. The Morgan fingerprint density at radius 2 is 1.62 bits per heavy atom. The molecule has 3 aromatic rings. The van der Waals surface area contributed by atoms with Crippen LogP contribution in [0.5, 0.6) is 0 Å². The molecule has 2 saturated heterocycles. The van der Waals surface area contributed by atoms with Crippen LogP contribution in [0.25, 0.3) is 0 Å². The third-order valence-electron chi connectivity index (χ3n) is 7.35. The zero-order valence-corrected chi connectivity index (χ0v) is 23.8. The van der Waals surface area contributed by atoms with E-state index in [1.54, 1.807) is 36.4 Å². The van der Waals surface area contributed by atoms with Gasteiger partial charge in [0.25, 0.3) is 11.8 Å². The topological polar surface area (TPSA) is 108 Å². The molecule has 2 amide bonds. The van der Waals surface area contributed by atoms with Gasteiger partial charge in [-0.1, -0.05) is 6.07 Å². The minimum absolute atomic E-state index is 0.212. The van der Waals surface area contributed by atoms with E-state index in [0.717, 1.165) is 51.4 Å². The number of nitrogens with one attached hydrogen (secondary N) is 3. The molecule has 0 aliphatic carbocycles. The van der Waals surface area contributed by atoms with E-state index in [2.05, 4.69) is 25.8 Å². The molecule has 3 N–H and O–H groups in total. The number of amides is 2. The van der Waals surface area contributed by atoms with Gasteiger partial charge in [0.2, 0.25) is 0 Å². The van der Waals surface area contributed by atoms with Gasteiger partial charge >= 0.3 is 0 Å². The first-order valence-electron chi connectivity index (χ1n) is 14.3. The second-order valence-electron chi connectivity index (χ2n) is 10.4. The van der Waals surface area contributed by atoms with Crippen molar-refractivity contribution in [2.45, 2.75) is 13.3 Å². The molecule has 2 fully saturated rings. The van der Waals surface area contributed by atoms with Crippen LogP contribution >= 0.6 is 0 Å². The maximum absolute atomic E-state index is 14.4. The van der Waals surface area contributed by atoms with Gasteiger partial charge in [-0.15, -0.1) is 0 Å². The Balaban J connectivity index is 1.16. The van der Waals surface area contributed by atoms with Crippen LogP contribution in [0.3, 0.4) is 0 Å². The average Bonchev–Trinajstić information content (AvgIpc) is 3.02. The van der Waals surface area contributed by atoms with Crippen molar-refractivity contribution >= 4 is 34.7 Å². The smallest absolute Gasteiger partial charge is 0.257 e. The largest absolute Gasteiger partial charge is 0.379 e. The predicted octanol–water partition coefficient (Wildman–Crippen LogP) is 4.00. The number of benzene rings is 2. The highest BCUT2D eigenvalue weighted by atomic mass is 19.1. The second kappa shape index (κ2) is 14.2. The van der Waals surface area contributed by atoms with Gasteiger partial charge in [0.15, 0.2) is 0 Å². The standard InChI is InChI=1S/C31H37FN6O4/c1-22-3-5-26(35-31(40)24-17-25(32)19-27(18-24)38-11-15-42-16-12-38)20-28(22)36-30(39)23-4-6-29(34-21-23)33-7-2-8-37-9-13-41-14-10-37/h3-6,17-21H,2,7-16H2,1H3,(H,33,34)(H,35,40)(H,36,39). The molecular formula is C31H37FN6O4. The van der Waals surface area contributed by atoms with E-state index in [1.165, 1.54) is 18.3 Å². The fraction of sp³-hybridized carbons (Fsp3) is 0.387. The Morgan fingerprint density at radius 1 is 0.881 bits per heavy atom. The van der Waals surface area contributed by atoms with Crippen LogP contribution in [0.2, 0.25) is 0 Å². The summed E-state index contributed by atoms with van der Waals surface area (Å²) in [5.41, 5.74) is 3.13. The molecule has 5 rings (SSSR count). The van der Waals surface area contributed by atoms with Crippen LogP contribution in [-0.2, 0) is 9.47 Å². The summed E-state index contributed by atoms with van der Waals surface area (Å²) in [5, 5.41) is 9.02. The summed E-state index contributed by atoms with van der Waals surface area (Å²) in [6.07, 6.45) is 2.53. The quantitative estimate of drug-likeness (QED) is 0.311. The number of halogens is 1. The number of nitrogens with zero attached hydrogens (tertiary/aromatic N) is 3. The number of rotatable bonds is 10. The van der Waals surface area contributed by atoms with E-state index in [1.807, 2.05) is 11.8 Å². The number of aromatic nitrogens is 1. The number of pyridine rings is 1. The first-order chi connectivity index (χ1) is 20.4. The molecule has 10 nitrogen and oxygen atoms in total. The van der Waals surface area contributed by atoms with Gasteiger partial charge in [0.1, 0.15) is 11.6 Å². The Labute approximate surface area is 245 Å². The number of carbonyl (C=O) groups is 2. The van der Waals surface area contributed by atoms with Crippen molar-refractivity contribution in [2.24, 2.45) is 0 Å². The van der Waals surface area contributed by atoms with Gasteiger partial charge in [0.05, 0.1) is 32.0 Å². The van der Waals surface area contributed by atoms with Gasteiger partial charge in [-0.3, -0.25) is 14.5 Å². The SMILES string of the molecule is Cc1ccc(NC(=O)c2cc(F)cc(N3CCOCC3)c2)cc1NC(=O)c1ccc(NCCCN2CCOCC2)nc1. The maximum atomic E-state index is 14.4. The van der Waals surface area contributed by atoms with Crippen molar-refractivity contribution < 1.29 is 23.5 Å². The molecular weight excluding hydrogens is 539 g/mol. The summed E-state index contributed by atoms with van der Waals surface area (Å²) >= 11 is 0. The first kappa shape index (κ1) is 29.4. The number of ether oxygens (including phenoxy) is 2. The van der Waals surface area contributed by atoms with Crippen LogP contribution in [0.4, 0.5) is 27.3 Å². The Morgan fingerprint density at radius 3 is 2.36 bits per heavy atom. The molecule has 42 heavy (non-hydrogen) atoms. The lowest BCUT2D eigenvalue weighted by Gasteiger charge is -2.29. The van der Waals surface area contributed by atoms with Gasteiger partial charge in [0, 0.05) is 61.5 Å². The third kappa shape index (κ3) is 8.03. The molecule has 2 aliphatic heterocycles. The molecule has 0 atom stereocenters. The number of anilines is 4. The summed E-state index contributed by atoms with van der Waals surface area (Å²) in [5.74, 6) is -0.525. The zero-order valence-electron chi connectivity index (χ0n) is 23.8. The van der Waals surface area contributed by atoms with Crippen molar-refractivity contribution in [1.29, 1.82) is 0 Å². The Bertz CT molecular complexity index is 1370. The maximum Gasteiger partial charge on any atom is 0.257 e. The van der Waals surface area contributed by atoms with Gasteiger partial charge in [-0.25, -0.2) is 9.37 Å².